The molecule has 7 nitrogen and oxygen atoms in total. The first-order valence-corrected chi connectivity index (χ1v) is 10.6. The van der Waals surface area contributed by atoms with Crippen LogP contribution in [-0.4, -0.2) is 30.7 Å². The Bertz CT molecular complexity index is 967. The number of nitrogens with one attached hydrogen (secondary N) is 2. The van der Waals surface area contributed by atoms with Gasteiger partial charge in [-0.2, -0.15) is 0 Å². The summed E-state index contributed by atoms with van der Waals surface area (Å²) in [5, 5.41) is 6.08. The maximum Gasteiger partial charge on any atom is 0.408 e. The quantitative estimate of drug-likeness (QED) is 0.552. The maximum absolute atomic E-state index is 13.1. The van der Waals surface area contributed by atoms with E-state index >= 15 is 0 Å². The third kappa shape index (κ3) is 7.43. The van der Waals surface area contributed by atoms with Crippen molar-refractivity contribution in [3.05, 3.63) is 69.2 Å². The fourth-order valence-corrected chi connectivity index (χ4v) is 3.42. The van der Waals surface area contributed by atoms with Gasteiger partial charge < -0.3 is 20.1 Å². The van der Waals surface area contributed by atoms with E-state index in [0.717, 1.165) is 5.56 Å². The molecule has 0 fully saturated rings. The number of hydrogen-bond donors (Lipinski definition) is 2. The van der Waals surface area contributed by atoms with Crippen molar-refractivity contribution < 1.29 is 23.9 Å². The molecule has 0 aliphatic heterocycles. The summed E-state index contributed by atoms with van der Waals surface area (Å²) in [4.78, 5) is 37.1. The van der Waals surface area contributed by atoms with Crippen LogP contribution in [0, 0.1) is 0 Å². The van der Waals surface area contributed by atoms with Gasteiger partial charge in [0.15, 0.2) is 0 Å². The Kier molecular flexibility index (Phi) is 8.52. The van der Waals surface area contributed by atoms with E-state index in [1.165, 1.54) is 13.2 Å². The molecular weight excluding hydrogens is 455 g/mol. The van der Waals surface area contributed by atoms with Crippen LogP contribution >= 0.6 is 23.2 Å². The molecule has 0 bridgehead atoms. The minimum absolute atomic E-state index is 0.322. The first kappa shape index (κ1) is 25.5. The van der Waals surface area contributed by atoms with Gasteiger partial charge in [0.05, 0.1) is 18.7 Å². The third-order valence-corrected chi connectivity index (χ3v) is 4.77. The number of methoxy groups -OCH3 is 1. The summed E-state index contributed by atoms with van der Waals surface area (Å²) >= 11 is 12.2. The molecule has 0 aromatic heterocycles. The van der Waals surface area contributed by atoms with Gasteiger partial charge in [0.2, 0.25) is 5.91 Å². The minimum atomic E-state index is -1.10. The second-order valence-corrected chi connectivity index (χ2v) is 9.00. The average molecular weight is 481 g/mol. The van der Waals surface area contributed by atoms with Crippen LogP contribution in [0.4, 0.5) is 4.79 Å². The van der Waals surface area contributed by atoms with Gasteiger partial charge in [0.25, 0.3) is 0 Å². The zero-order valence-corrected chi connectivity index (χ0v) is 20.0. The van der Waals surface area contributed by atoms with Crippen LogP contribution in [0.25, 0.3) is 0 Å². The van der Waals surface area contributed by atoms with E-state index in [1.54, 1.807) is 64.1 Å². The molecule has 9 heteroatoms. The lowest BCUT2D eigenvalue weighted by Gasteiger charge is -2.25. The largest absolute Gasteiger partial charge is 0.465 e. The number of carbonyl (C=O) groups excluding carboxylic acids is 3. The molecule has 0 saturated heterocycles. The maximum atomic E-state index is 13.1. The number of hydrogen-bond acceptors (Lipinski definition) is 5. The lowest BCUT2D eigenvalue weighted by Crippen LogP contribution is -2.43. The summed E-state index contributed by atoms with van der Waals surface area (Å²) in [7, 11) is 1.30. The van der Waals surface area contributed by atoms with E-state index in [2.05, 4.69) is 10.6 Å². The molecule has 32 heavy (non-hydrogen) atoms. The van der Waals surface area contributed by atoms with Crippen molar-refractivity contribution in [2.45, 2.75) is 45.4 Å². The summed E-state index contributed by atoms with van der Waals surface area (Å²) in [6.07, 6.45) is -0.760. The number of benzene rings is 2. The lowest BCUT2D eigenvalue weighted by molar-refractivity contribution is -0.124. The van der Waals surface area contributed by atoms with Crippen LogP contribution in [0.5, 0.6) is 0 Å². The molecule has 0 heterocycles. The molecule has 0 aliphatic carbocycles. The van der Waals surface area contributed by atoms with Gasteiger partial charge in [-0.3, -0.25) is 4.79 Å². The smallest absolute Gasteiger partial charge is 0.408 e. The third-order valence-electron chi connectivity index (χ3n) is 4.33. The molecule has 2 atom stereocenters. The molecule has 2 amide bonds. The van der Waals surface area contributed by atoms with Crippen molar-refractivity contribution in [1.82, 2.24) is 10.6 Å². The number of amides is 2. The van der Waals surface area contributed by atoms with Crippen LogP contribution in [0.15, 0.2) is 42.5 Å². The van der Waals surface area contributed by atoms with E-state index in [9.17, 15) is 14.4 Å². The molecule has 2 aromatic rings. The van der Waals surface area contributed by atoms with Gasteiger partial charge in [-0.05, 0) is 69.2 Å². The number of ether oxygens (including phenoxy) is 2. The molecule has 0 radical (unpaired) electrons. The highest BCUT2D eigenvalue weighted by Gasteiger charge is 2.27. The Morgan fingerprint density at radius 2 is 1.47 bits per heavy atom. The highest BCUT2D eigenvalue weighted by atomic mass is 35.5. The number of esters is 1. The van der Waals surface area contributed by atoms with Gasteiger partial charge >= 0.3 is 12.1 Å². The molecule has 2 rings (SSSR count). The Morgan fingerprint density at radius 3 is 1.97 bits per heavy atom. The Balaban J connectivity index is 2.24. The minimum Gasteiger partial charge on any atom is -0.465 e. The number of alkyl carbamates (subject to hydrolysis) is 1. The SMILES string of the molecule is COC(=O)c1ccc([C@@H](C)NC(=O)[C@@H](NC(=O)OC(C)(C)C)c2cc(Cl)cc(Cl)c2)cc1. The molecule has 172 valence electrons. The standard InChI is InChI=1S/C23H26Cl2N2O5/c1-13(14-6-8-15(9-7-14)21(29)31-5)26-20(28)19(27-22(30)32-23(2,3)4)16-10-17(24)12-18(25)11-16/h6-13,19H,1-5H3,(H,26,28)(H,27,30)/t13-,19+/m1/s1. The summed E-state index contributed by atoms with van der Waals surface area (Å²) < 4.78 is 9.99. The molecule has 0 unspecified atom stereocenters. The highest BCUT2D eigenvalue weighted by molar-refractivity contribution is 6.34. The topological polar surface area (TPSA) is 93.7 Å². The summed E-state index contributed by atoms with van der Waals surface area (Å²) in [5.41, 5.74) is 0.809. The summed E-state index contributed by atoms with van der Waals surface area (Å²) in [6, 6.07) is 9.74. The fraction of sp³-hybridized carbons (Fsp3) is 0.348. The van der Waals surface area contributed by atoms with Crippen LogP contribution < -0.4 is 10.6 Å². The van der Waals surface area contributed by atoms with Gasteiger partial charge in [-0.1, -0.05) is 35.3 Å². The van der Waals surface area contributed by atoms with Gasteiger partial charge in [-0.25, -0.2) is 9.59 Å². The Labute approximate surface area is 197 Å². The van der Waals surface area contributed by atoms with E-state index in [0.29, 0.717) is 21.2 Å². The van der Waals surface area contributed by atoms with E-state index in [4.69, 9.17) is 32.7 Å². The average Bonchev–Trinajstić information content (AvgIpc) is 2.69. The normalized spacial score (nSPS) is 13.0. The zero-order valence-electron chi connectivity index (χ0n) is 18.5. The van der Waals surface area contributed by atoms with Gasteiger partial charge in [0, 0.05) is 10.0 Å². The van der Waals surface area contributed by atoms with Crippen molar-refractivity contribution in [2.24, 2.45) is 0 Å². The molecule has 0 spiro atoms. The molecular formula is C23H26Cl2N2O5. The molecule has 0 saturated carbocycles. The van der Waals surface area contributed by atoms with Gasteiger partial charge in [0.1, 0.15) is 11.6 Å². The summed E-state index contributed by atoms with van der Waals surface area (Å²) in [6.45, 7) is 6.94. The highest BCUT2D eigenvalue weighted by Crippen LogP contribution is 2.25. The van der Waals surface area contributed by atoms with E-state index in [1.807, 2.05) is 0 Å². The predicted octanol–water partition coefficient (Wildman–Crippen LogP) is 5.22. The second kappa shape index (κ2) is 10.7. The fourth-order valence-electron chi connectivity index (χ4n) is 2.87. The number of carbonyl (C=O) groups is 3. The van der Waals surface area contributed by atoms with Crippen LogP contribution in [0.2, 0.25) is 10.0 Å². The predicted molar refractivity (Wildman–Crippen MR) is 123 cm³/mol. The van der Waals surface area contributed by atoms with Gasteiger partial charge in [-0.15, -0.1) is 0 Å². The van der Waals surface area contributed by atoms with E-state index < -0.39 is 35.7 Å². The zero-order chi connectivity index (χ0) is 24.1. The monoisotopic (exact) mass is 480 g/mol. The first-order valence-electron chi connectivity index (χ1n) is 9.84. The lowest BCUT2D eigenvalue weighted by atomic mass is 10.0. The van der Waals surface area contributed by atoms with Crippen molar-refractivity contribution in [2.75, 3.05) is 7.11 Å². The van der Waals surface area contributed by atoms with Crippen LogP contribution in [0.3, 0.4) is 0 Å². The van der Waals surface area contributed by atoms with Crippen molar-refractivity contribution >= 4 is 41.2 Å². The van der Waals surface area contributed by atoms with Crippen LogP contribution in [0.1, 0.15) is 61.3 Å². The van der Waals surface area contributed by atoms with Crippen molar-refractivity contribution in [1.29, 1.82) is 0 Å². The Morgan fingerprint density at radius 1 is 0.906 bits per heavy atom. The Hall–Kier alpha value is -2.77. The van der Waals surface area contributed by atoms with E-state index in [-0.39, 0.29) is 0 Å². The second-order valence-electron chi connectivity index (χ2n) is 8.13. The number of halogens is 2. The van der Waals surface area contributed by atoms with Crippen molar-refractivity contribution in [3.8, 4) is 0 Å². The molecule has 2 N–H and O–H groups in total. The van der Waals surface area contributed by atoms with Crippen molar-refractivity contribution in [3.63, 3.8) is 0 Å². The summed E-state index contributed by atoms with van der Waals surface area (Å²) in [5.74, 6) is -0.938. The first-order chi connectivity index (χ1) is 14.9. The molecule has 0 aliphatic rings. The van der Waals surface area contributed by atoms with Crippen LogP contribution in [-0.2, 0) is 14.3 Å². The number of rotatable bonds is 6. The molecule has 2 aromatic carbocycles.